The molecular formula is C15H20N4O2. The number of ether oxygens (including phenoxy) is 2. The molecule has 0 aliphatic rings. The summed E-state index contributed by atoms with van der Waals surface area (Å²) < 4.78 is 10.8. The maximum absolute atomic E-state index is 5.60. The molecule has 6 nitrogen and oxygen atoms in total. The van der Waals surface area contributed by atoms with Crippen LogP contribution >= 0.6 is 0 Å². The van der Waals surface area contributed by atoms with Crippen LogP contribution in [0.25, 0.3) is 0 Å². The molecule has 1 heterocycles. The normalized spacial score (nSPS) is 11.2. The molecule has 1 aromatic heterocycles. The molecule has 0 fully saturated rings. The lowest BCUT2D eigenvalue weighted by atomic mass is 9.87. The van der Waals surface area contributed by atoms with Crippen molar-refractivity contribution in [2.45, 2.75) is 33.1 Å². The number of nitrogens with zero attached hydrogens (tertiary/aromatic N) is 3. The van der Waals surface area contributed by atoms with E-state index in [0.717, 1.165) is 0 Å². The van der Waals surface area contributed by atoms with Crippen molar-refractivity contribution in [2.24, 2.45) is 0 Å². The molecule has 0 aliphatic heterocycles. The van der Waals surface area contributed by atoms with E-state index in [-0.39, 0.29) is 23.4 Å². The van der Waals surface area contributed by atoms with Crippen LogP contribution in [0.15, 0.2) is 24.3 Å². The zero-order valence-electron chi connectivity index (χ0n) is 12.8. The maximum atomic E-state index is 5.60. The smallest absolute Gasteiger partial charge is 0.330 e. The van der Waals surface area contributed by atoms with Gasteiger partial charge in [0.25, 0.3) is 0 Å². The van der Waals surface area contributed by atoms with E-state index >= 15 is 0 Å². The number of hydrogen-bond donors (Lipinski definition) is 1. The summed E-state index contributed by atoms with van der Waals surface area (Å²) in [6.45, 7) is 8.76. The number of anilines is 1. The highest BCUT2D eigenvalue weighted by Gasteiger charge is 2.13. The van der Waals surface area contributed by atoms with Gasteiger partial charge in [0.15, 0.2) is 0 Å². The average molecular weight is 288 g/mol. The van der Waals surface area contributed by atoms with Crippen molar-refractivity contribution >= 4 is 5.95 Å². The summed E-state index contributed by atoms with van der Waals surface area (Å²) in [6, 6.07) is 8.06. The zero-order valence-corrected chi connectivity index (χ0v) is 12.8. The van der Waals surface area contributed by atoms with Gasteiger partial charge in [0.2, 0.25) is 5.95 Å². The Morgan fingerprint density at radius 1 is 1.00 bits per heavy atom. The summed E-state index contributed by atoms with van der Waals surface area (Å²) >= 11 is 0. The number of nitrogens with two attached hydrogens (primary N) is 1. The van der Waals surface area contributed by atoms with E-state index in [9.17, 15) is 0 Å². The molecule has 2 N–H and O–H groups in total. The van der Waals surface area contributed by atoms with Gasteiger partial charge in [-0.05, 0) is 30.0 Å². The van der Waals surface area contributed by atoms with Crippen LogP contribution in [-0.2, 0) is 5.41 Å². The van der Waals surface area contributed by atoms with Crippen molar-refractivity contribution < 1.29 is 9.47 Å². The molecule has 0 atom stereocenters. The molecule has 0 bridgehead atoms. The molecule has 0 aliphatic carbocycles. The highest BCUT2D eigenvalue weighted by Crippen LogP contribution is 2.26. The van der Waals surface area contributed by atoms with E-state index in [1.165, 1.54) is 5.56 Å². The molecule has 2 aromatic rings. The number of benzene rings is 1. The highest BCUT2D eigenvalue weighted by molar-refractivity contribution is 5.33. The molecule has 0 unspecified atom stereocenters. The largest absolute Gasteiger partial charge is 0.464 e. The van der Waals surface area contributed by atoms with E-state index in [4.69, 9.17) is 15.2 Å². The molecule has 0 saturated carbocycles. The van der Waals surface area contributed by atoms with Crippen LogP contribution in [-0.4, -0.2) is 21.6 Å². The molecule has 0 amide bonds. The molecule has 0 radical (unpaired) electrons. The third-order valence-electron chi connectivity index (χ3n) is 2.81. The van der Waals surface area contributed by atoms with Crippen LogP contribution in [0.3, 0.4) is 0 Å². The lowest BCUT2D eigenvalue weighted by molar-refractivity contribution is 0.304. The second kappa shape index (κ2) is 5.95. The molecule has 21 heavy (non-hydrogen) atoms. The van der Waals surface area contributed by atoms with Crippen LogP contribution in [0.1, 0.15) is 33.3 Å². The molecule has 0 spiro atoms. The van der Waals surface area contributed by atoms with Crippen molar-refractivity contribution in [3.05, 3.63) is 29.8 Å². The van der Waals surface area contributed by atoms with Crippen molar-refractivity contribution in [2.75, 3.05) is 12.3 Å². The molecular weight excluding hydrogens is 268 g/mol. The quantitative estimate of drug-likeness (QED) is 0.931. The first-order valence-corrected chi connectivity index (χ1v) is 6.81. The summed E-state index contributed by atoms with van der Waals surface area (Å²) in [4.78, 5) is 11.8. The fourth-order valence-corrected chi connectivity index (χ4v) is 1.72. The topological polar surface area (TPSA) is 83.2 Å². The van der Waals surface area contributed by atoms with Gasteiger partial charge in [-0.1, -0.05) is 32.9 Å². The lowest BCUT2D eigenvalue weighted by Crippen LogP contribution is -2.10. The van der Waals surface area contributed by atoms with E-state index in [1.807, 2.05) is 31.2 Å². The predicted molar refractivity (Wildman–Crippen MR) is 80.6 cm³/mol. The number of hydrogen-bond acceptors (Lipinski definition) is 6. The molecule has 0 saturated heterocycles. The SMILES string of the molecule is CCOc1nc(N)nc(Oc2ccc(C(C)(C)C)cc2)n1. The summed E-state index contributed by atoms with van der Waals surface area (Å²) in [5, 5.41) is 0. The van der Waals surface area contributed by atoms with Crippen LogP contribution in [0.5, 0.6) is 17.8 Å². The number of aromatic nitrogens is 3. The van der Waals surface area contributed by atoms with E-state index in [2.05, 4.69) is 35.7 Å². The van der Waals surface area contributed by atoms with Crippen LogP contribution < -0.4 is 15.2 Å². The molecule has 1 aromatic carbocycles. The average Bonchev–Trinajstić information content (AvgIpc) is 2.38. The Hall–Kier alpha value is -2.37. The second-order valence-corrected chi connectivity index (χ2v) is 5.57. The molecule has 6 heteroatoms. The van der Waals surface area contributed by atoms with Gasteiger partial charge in [0.1, 0.15) is 5.75 Å². The number of nitrogen functional groups attached to an aromatic ring is 1. The first-order chi connectivity index (χ1) is 9.88. The summed E-state index contributed by atoms with van der Waals surface area (Å²) in [6.07, 6.45) is 0. The third kappa shape index (κ3) is 4.05. The second-order valence-electron chi connectivity index (χ2n) is 5.57. The zero-order chi connectivity index (χ0) is 15.5. The molecule has 112 valence electrons. The van der Waals surface area contributed by atoms with Crippen molar-refractivity contribution in [1.29, 1.82) is 0 Å². The van der Waals surface area contributed by atoms with Gasteiger partial charge in [-0.3, -0.25) is 0 Å². The lowest BCUT2D eigenvalue weighted by Gasteiger charge is -2.18. The van der Waals surface area contributed by atoms with Gasteiger partial charge in [-0.2, -0.15) is 9.97 Å². The highest BCUT2D eigenvalue weighted by atomic mass is 16.5. The monoisotopic (exact) mass is 288 g/mol. The van der Waals surface area contributed by atoms with Crippen LogP contribution in [0, 0.1) is 0 Å². The first-order valence-electron chi connectivity index (χ1n) is 6.81. The van der Waals surface area contributed by atoms with Gasteiger partial charge in [-0.25, -0.2) is 0 Å². The Labute approximate surface area is 124 Å². The maximum Gasteiger partial charge on any atom is 0.330 e. The van der Waals surface area contributed by atoms with Gasteiger partial charge < -0.3 is 15.2 Å². The minimum atomic E-state index is 0.0646. The van der Waals surface area contributed by atoms with Gasteiger partial charge in [-0.15, -0.1) is 4.98 Å². The Kier molecular flexibility index (Phi) is 4.26. The van der Waals surface area contributed by atoms with Gasteiger partial charge >= 0.3 is 12.0 Å². The van der Waals surface area contributed by atoms with Crippen LogP contribution in [0.4, 0.5) is 5.95 Å². The first kappa shape index (κ1) is 15.0. The third-order valence-corrected chi connectivity index (χ3v) is 2.81. The fraction of sp³-hybridized carbons (Fsp3) is 0.400. The fourth-order valence-electron chi connectivity index (χ4n) is 1.72. The summed E-state index contributed by atoms with van der Waals surface area (Å²) in [5.41, 5.74) is 6.92. The Balaban J connectivity index is 2.18. The van der Waals surface area contributed by atoms with Gasteiger partial charge in [0.05, 0.1) is 6.61 Å². The summed E-state index contributed by atoms with van der Waals surface area (Å²) in [7, 11) is 0. The van der Waals surface area contributed by atoms with E-state index in [0.29, 0.717) is 12.4 Å². The number of rotatable bonds is 4. The minimum absolute atomic E-state index is 0.0646. The standard InChI is InChI=1S/C15H20N4O2/c1-5-20-13-17-12(16)18-14(19-13)21-11-8-6-10(7-9-11)15(2,3)4/h6-9H,5H2,1-4H3,(H2,16,17,18,19). The van der Waals surface area contributed by atoms with Crippen molar-refractivity contribution in [3.63, 3.8) is 0 Å². The Morgan fingerprint density at radius 3 is 2.19 bits per heavy atom. The summed E-state index contributed by atoms with van der Waals surface area (Å²) in [5.74, 6) is 0.700. The van der Waals surface area contributed by atoms with Crippen LogP contribution in [0.2, 0.25) is 0 Å². The van der Waals surface area contributed by atoms with E-state index < -0.39 is 0 Å². The van der Waals surface area contributed by atoms with Gasteiger partial charge in [0, 0.05) is 0 Å². The predicted octanol–water partition coefficient (Wildman–Crippen LogP) is 2.94. The minimum Gasteiger partial charge on any atom is -0.464 e. The van der Waals surface area contributed by atoms with Crippen molar-refractivity contribution in [3.8, 4) is 17.8 Å². The Morgan fingerprint density at radius 2 is 1.62 bits per heavy atom. The van der Waals surface area contributed by atoms with E-state index in [1.54, 1.807) is 0 Å². The Bertz CT molecular complexity index is 606. The molecule has 2 rings (SSSR count). The van der Waals surface area contributed by atoms with Crippen molar-refractivity contribution in [1.82, 2.24) is 15.0 Å².